The zero-order valence-electron chi connectivity index (χ0n) is 11.1. The quantitative estimate of drug-likeness (QED) is 0.797. The van der Waals surface area contributed by atoms with Crippen LogP contribution >= 0.6 is 0 Å². The van der Waals surface area contributed by atoms with E-state index in [2.05, 4.69) is 5.32 Å². The van der Waals surface area contributed by atoms with E-state index in [1.54, 1.807) is 0 Å². The van der Waals surface area contributed by atoms with Crippen molar-refractivity contribution >= 4 is 5.91 Å². The van der Waals surface area contributed by atoms with E-state index >= 15 is 0 Å². The fourth-order valence-corrected chi connectivity index (χ4v) is 2.07. The molecule has 1 atom stereocenters. The van der Waals surface area contributed by atoms with Crippen LogP contribution in [0.15, 0.2) is 30.3 Å². The molecule has 4 heteroatoms. The fourth-order valence-electron chi connectivity index (χ4n) is 2.07. The van der Waals surface area contributed by atoms with Gasteiger partial charge in [0, 0.05) is 13.2 Å². The molecule has 0 aliphatic carbocycles. The molecule has 19 heavy (non-hydrogen) atoms. The van der Waals surface area contributed by atoms with Gasteiger partial charge in [-0.1, -0.05) is 30.3 Å². The molecule has 0 radical (unpaired) electrons. The lowest BCUT2D eigenvalue weighted by molar-refractivity contribution is -0.135. The molecule has 1 aromatic rings. The van der Waals surface area contributed by atoms with Gasteiger partial charge in [0.05, 0.1) is 13.2 Å². The Balaban J connectivity index is 1.55. The first-order valence-electron chi connectivity index (χ1n) is 6.87. The Kier molecular flexibility index (Phi) is 5.85. The number of benzene rings is 1. The molecule has 4 nitrogen and oxygen atoms in total. The van der Waals surface area contributed by atoms with Gasteiger partial charge in [-0.3, -0.25) is 4.79 Å². The maximum Gasteiger partial charge on any atom is 0.249 e. The van der Waals surface area contributed by atoms with E-state index in [0.29, 0.717) is 26.4 Å². The lowest BCUT2D eigenvalue weighted by atomic mass is 10.1. The van der Waals surface area contributed by atoms with Gasteiger partial charge >= 0.3 is 0 Å². The molecule has 1 saturated heterocycles. The third-order valence-electron chi connectivity index (χ3n) is 3.13. The van der Waals surface area contributed by atoms with Crippen LogP contribution in [0.5, 0.6) is 0 Å². The first kappa shape index (κ1) is 14.0. The Morgan fingerprint density at radius 2 is 2.16 bits per heavy atom. The van der Waals surface area contributed by atoms with E-state index in [1.165, 1.54) is 0 Å². The summed E-state index contributed by atoms with van der Waals surface area (Å²) in [7, 11) is 0. The van der Waals surface area contributed by atoms with Gasteiger partial charge in [0.2, 0.25) is 5.91 Å². The predicted octanol–water partition coefficient (Wildman–Crippen LogP) is 1.89. The standard InChI is InChI=1S/C15H21NO3/c17-15(14-8-4-5-10-19-14)16-9-11-18-12-13-6-2-1-3-7-13/h1-3,6-7,14H,4-5,8-12H2,(H,16,17). The third kappa shape index (κ3) is 5.01. The summed E-state index contributed by atoms with van der Waals surface area (Å²) in [6, 6.07) is 10.00. The van der Waals surface area contributed by atoms with Crippen molar-refractivity contribution < 1.29 is 14.3 Å². The van der Waals surface area contributed by atoms with Crippen LogP contribution < -0.4 is 5.32 Å². The molecule has 2 rings (SSSR count). The second-order valence-corrected chi connectivity index (χ2v) is 4.68. The molecule has 104 valence electrons. The summed E-state index contributed by atoms with van der Waals surface area (Å²) in [6.07, 6.45) is 2.70. The smallest absolute Gasteiger partial charge is 0.249 e. The predicted molar refractivity (Wildman–Crippen MR) is 72.7 cm³/mol. The minimum atomic E-state index is -0.261. The topological polar surface area (TPSA) is 47.6 Å². The Labute approximate surface area is 114 Å². The molecule has 1 aliphatic heterocycles. The molecule has 0 bridgehead atoms. The second-order valence-electron chi connectivity index (χ2n) is 4.68. The van der Waals surface area contributed by atoms with Crippen LogP contribution in [0.1, 0.15) is 24.8 Å². The SMILES string of the molecule is O=C(NCCOCc1ccccc1)C1CCCCO1. The van der Waals surface area contributed by atoms with Crippen LogP contribution in [-0.4, -0.2) is 31.8 Å². The van der Waals surface area contributed by atoms with Crippen LogP contribution in [0.25, 0.3) is 0 Å². The van der Waals surface area contributed by atoms with Gasteiger partial charge in [-0.15, -0.1) is 0 Å². The summed E-state index contributed by atoms with van der Waals surface area (Å²) in [5.74, 6) is -0.0111. The van der Waals surface area contributed by atoms with E-state index in [4.69, 9.17) is 9.47 Å². The van der Waals surface area contributed by atoms with Crippen molar-refractivity contribution in [3.8, 4) is 0 Å². The van der Waals surface area contributed by atoms with Gasteiger partial charge in [-0.25, -0.2) is 0 Å². The Morgan fingerprint density at radius 3 is 2.89 bits per heavy atom. The number of hydrogen-bond acceptors (Lipinski definition) is 3. The lowest BCUT2D eigenvalue weighted by Crippen LogP contribution is -2.39. The number of carbonyl (C=O) groups is 1. The van der Waals surface area contributed by atoms with Crippen LogP contribution in [-0.2, 0) is 20.9 Å². The molecule has 1 unspecified atom stereocenters. The fraction of sp³-hybridized carbons (Fsp3) is 0.533. The number of hydrogen-bond donors (Lipinski definition) is 1. The Morgan fingerprint density at radius 1 is 1.32 bits per heavy atom. The molecule has 1 fully saturated rings. The van der Waals surface area contributed by atoms with Gasteiger partial charge in [0.1, 0.15) is 6.10 Å². The van der Waals surface area contributed by atoms with Crippen molar-refractivity contribution in [2.45, 2.75) is 32.0 Å². The monoisotopic (exact) mass is 263 g/mol. The number of ether oxygens (including phenoxy) is 2. The van der Waals surface area contributed by atoms with E-state index < -0.39 is 0 Å². The first-order valence-corrected chi connectivity index (χ1v) is 6.87. The molecule has 1 heterocycles. The average molecular weight is 263 g/mol. The molecule has 1 aliphatic rings. The second kappa shape index (κ2) is 7.92. The van der Waals surface area contributed by atoms with Gasteiger partial charge < -0.3 is 14.8 Å². The molecule has 1 N–H and O–H groups in total. The number of amides is 1. The summed E-state index contributed by atoms with van der Waals surface area (Å²) in [4.78, 5) is 11.7. The third-order valence-corrected chi connectivity index (χ3v) is 3.13. The summed E-state index contributed by atoms with van der Waals surface area (Å²) in [5, 5.41) is 2.85. The number of nitrogens with one attached hydrogen (secondary N) is 1. The van der Waals surface area contributed by atoms with E-state index in [-0.39, 0.29) is 12.0 Å². The zero-order chi connectivity index (χ0) is 13.3. The highest BCUT2D eigenvalue weighted by atomic mass is 16.5. The first-order chi connectivity index (χ1) is 9.36. The maximum atomic E-state index is 11.7. The average Bonchev–Trinajstić information content (AvgIpc) is 2.49. The molecule has 0 aromatic heterocycles. The van der Waals surface area contributed by atoms with Gasteiger partial charge in [0.15, 0.2) is 0 Å². The molecular weight excluding hydrogens is 242 g/mol. The highest BCUT2D eigenvalue weighted by Crippen LogP contribution is 2.12. The van der Waals surface area contributed by atoms with Crippen molar-refractivity contribution in [1.29, 1.82) is 0 Å². The van der Waals surface area contributed by atoms with Crippen molar-refractivity contribution in [3.63, 3.8) is 0 Å². The highest BCUT2D eigenvalue weighted by molar-refractivity contribution is 5.80. The summed E-state index contributed by atoms with van der Waals surface area (Å²) in [5.41, 5.74) is 1.14. The Bertz CT molecular complexity index is 374. The number of rotatable bonds is 6. The van der Waals surface area contributed by atoms with Crippen LogP contribution in [0.3, 0.4) is 0 Å². The molecule has 1 aromatic carbocycles. The minimum Gasteiger partial charge on any atom is -0.375 e. The van der Waals surface area contributed by atoms with Crippen LogP contribution in [0.4, 0.5) is 0 Å². The van der Waals surface area contributed by atoms with Crippen molar-refractivity contribution in [2.75, 3.05) is 19.8 Å². The van der Waals surface area contributed by atoms with Gasteiger partial charge in [-0.2, -0.15) is 0 Å². The molecule has 0 saturated carbocycles. The van der Waals surface area contributed by atoms with Crippen molar-refractivity contribution in [2.24, 2.45) is 0 Å². The Hall–Kier alpha value is -1.39. The highest BCUT2D eigenvalue weighted by Gasteiger charge is 2.21. The van der Waals surface area contributed by atoms with Crippen molar-refractivity contribution in [1.82, 2.24) is 5.32 Å². The molecule has 0 spiro atoms. The van der Waals surface area contributed by atoms with Crippen molar-refractivity contribution in [3.05, 3.63) is 35.9 Å². The normalized spacial score (nSPS) is 19.1. The summed E-state index contributed by atoms with van der Waals surface area (Å²) >= 11 is 0. The maximum absolute atomic E-state index is 11.7. The van der Waals surface area contributed by atoms with E-state index in [0.717, 1.165) is 24.8 Å². The molecular formula is C15H21NO3. The van der Waals surface area contributed by atoms with Crippen LogP contribution in [0, 0.1) is 0 Å². The zero-order valence-corrected chi connectivity index (χ0v) is 11.1. The van der Waals surface area contributed by atoms with E-state index in [1.807, 2.05) is 30.3 Å². The summed E-state index contributed by atoms with van der Waals surface area (Å²) < 4.78 is 10.9. The van der Waals surface area contributed by atoms with Gasteiger partial charge in [0.25, 0.3) is 0 Å². The largest absolute Gasteiger partial charge is 0.375 e. The lowest BCUT2D eigenvalue weighted by Gasteiger charge is -2.21. The van der Waals surface area contributed by atoms with E-state index in [9.17, 15) is 4.79 Å². The molecule has 1 amide bonds. The van der Waals surface area contributed by atoms with Crippen LogP contribution in [0.2, 0.25) is 0 Å². The number of carbonyl (C=O) groups excluding carboxylic acids is 1. The minimum absolute atomic E-state index is 0.0111. The van der Waals surface area contributed by atoms with Gasteiger partial charge in [-0.05, 0) is 24.8 Å². The summed E-state index contributed by atoms with van der Waals surface area (Å²) in [6.45, 7) is 2.33.